The van der Waals surface area contributed by atoms with Crippen LogP contribution in [0, 0.1) is 40.4 Å². The summed E-state index contributed by atoms with van der Waals surface area (Å²) in [4.78, 5) is 0. The Hall–Kier alpha value is -0.570. The Balaban J connectivity index is 0.000000156. The fourth-order valence-corrected chi connectivity index (χ4v) is 7.57. The molecule has 4 bridgehead atoms. The van der Waals surface area contributed by atoms with E-state index in [1.807, 2.05) is 0 Å². The van der Waals surface area contributed by atoms with Gasteiger partial charge < -0.3 is 10.2 Å². The number of aliphatic hydroxyl groups is 2. The molecule has 3 heteroatoms. The Morgan fingerprint density at radius 2 is 1.67 bits per heavy atom. The van der Waals surface area contributed by atoms with Gasteiger partial charge in [0.2, 0.25) is 0 Å². The van der Waals surface area contributed by atoms with Gasteiger partial charge in [0.25, 0.3) is 0 Å². The van der Waals surface area contributed by atoms with Crippen molar-refractivity contribution in [3.63, 3.8) is 0 Å². The molecule has 9 unspecified atom stereocenters. The van der Waals surface area contributed by atoms with E-state index in [2.05, 4.69) is 33.6 Å². The van der Waals surface area contributed by atoms with Gasteiger partial charge in [-0.05, 0) is 68.1 Å². The number of alkyl halides is 1. The number of hydrogen-bond acceptors (Lipinski definition) is 2. The molecule has 0 spiro atoms. The Morgan fingerprint density at radius 1 is 1.04 bits per heavy atom. The van der Waals surface area contributed by atoms with Crippen LogP contribution in [0.3, 0.4) is 0 Å². The van der Waals surface area contributed by atoms with Gasteiger partial charge in [-0.1, -0.05) is 38.2 Å². The van der Waals surface area contributed by atoms with E-state index in [0.717, 1.165) is 5.92 Å². The quantitative estimate of drug-likeness (QED) is 0.489. The van der Waals surface area contributed by atoms with Crippen LogP contribution in [0.5, 0.6) is 0 Å². The third-order valence-corrected chi connectivity index (χ3v) is 9.38. The highest BCUT2D eigenvalue weighted by Crippen LogP contribution is 2.61. The van der Waals surface area contributed by atoms with Crippen molar-refractivity contribution in [2.24, 2.45) is 40.4 Å². The zero-order valence-electron chi connectivity index (χ0n) is 17.0. The molecule has 0 amide bonds. The summed E-state index contributed by atoms with van der Waals surface area (Å²) >= 11 is 6.04. The molecule has 4 aliphatic carbocycles. The highest BCUT2D eigenvalue weighted by atomic mass is 35.5. The van der Waals surface area contributed by atoms with E-state index in [-0.39, 0.29) is 16.9 Å². The second-order valence-electron chi connectivity index (χ2n) is 9.77. The summed E-state index contributed by atoms with van der Waals surface area (Å²) in [6.45, 7) is 15.9. The minimum Gasteiger partial charge on any atom is -0.388 e. The first-order valence-electron chi connectivity index (χ1n) is 10.6. The summed E-state index contributed by atoms with van der Waals surface area (Å²) in [5.41, 5.74) is 1.17. The molecule has 4 fully saturated rings. The lowest BCUT2D eigenvalue weighted by atomic mass is 9.65. The first-order chi connectivity index (χ1) is 12.7. The van der Waals surface area contributed by atoms with Gasteiger partial charge in [0.1, 0.15) is 0 Å². The number of aliphatic hydroxyl groups excluding tert-OH is 2. The number of rotatable bonds is 5. The van der Waals surface area contributed by atoms with E-state index in [9.17, 15) is 10.2 Å². The van der Waals surface area contributed by atoms with Crippen LogP contribution in [-0.4, -0.2) is 28.3 Å². The topological polar surface area (TPSA) is 40.5 Å². The summed E-state index contributed by atoms with van der Waals surface area (Å²) in [5, 5.41) is 20.0. The SMILES string of the molecule is C=CC(O)C1(C)C(=C)C2CCC1C2.C=CC(O)C1(C)C2CCC(C2)C1CCl. The van der Waals surface area contributed by atoms with Crippen LogP contribution in [0.25, 0.3) is 0 Å². The lowest BCUT2D eigenvalue weighted by Gasteiger charge is -2.43. The molecule has 0 aromatic heterocycles. The molecule has 0 heterocycles. The van der Waals surface area contributed by atoms with Gasteiger partial charge in [-0.25, -0.2) is 0 Å². The minimum absolute atomic E-state index is 0.00752. The first kappa shape index (κ1) is 21.1. The third-order valence-electron chi connectivity index (χ3n) is 9.05. The van der Waals surface area contributed by atoms with Crippen molar-refractivity contribution < 1.29 is 10.2 Å². The summed E-state index contributed by atoms with van der Waals surface area (Å²) in [5.74, 6) is 3.88. The minimum atomic E-state index is -0.407. The van der Waals surface area contributed by atoms with Gasteiger partial charge in [0, 0.05) is 16.7 Å². The fourth-order valence-electron chi connectivity index (χ4n) is 6.99. The summed E-state index contributed by atoms with van der Waals surface area (Å²) in [6, 6.07) is 0. The predicted octanol–water partition coefficient (Wildman–Crippen LogP) is 5.35. The molecule has 2 N–H and O–H groups in total. The van der Waals surface area contributed by atoms with Gasteiger partial charge in [0.05, 0.1) is 12.2 Å². The molecule has 0 aromatic rings. The molecule has 27 heavy (non-hydrogen) atoms. The van der Waals surface area contributed by atoms with E-state index in [1.165, 1.54) is 44.1 Å². The maximum absolute atomic E-state index is 10.1. The fraction of sp³-hybridized carbons (Fsp3) is 0.750. The van der Waals surface area contributed by atoms with Crippen LogP contribution >= 0.6 is 11.6 Å². The Labute approximate surface area is 170 Å². The van der Waals surface area contributed by atoms with Gasteiger partial charge in [0.15, 0.2) is 0 Å². The van der Waals surface area contributed by atoms with Crippen LogP contribution in [0.1, 0.15) is 52.4 Å². The average molecular weight is 393 g/mol. The van der Waals surface area contributed by atoms with E-state index >= 15 is 0 Å². The smallest absolute Gasteiger partial charge is 0.0811 e. The van der Waals surface area contributed by atoms with E-state index in [1.54, 1.807) is 12.2 Å². The molecular formula is C24H37ClO2. The lowest BCUT2D eigenvalue weighted by molar-refractivity contribution is -0.00810. The Morgan fingerprint density at radius 3 is 2.19 bits per heavy atom. The van der Waals surface area contributed by atoms with Crippen LogP contribution in [-0.2, 0) is 0 Å². The summed E-state index contributed by atoms with van der Waals surface area (Å²) in [7, 11) is 0. The number of fused-ring (bicyclic) bond motifs is 4. The van der Waals surface area contributed by atoms with Gasteiger partial charge >= 0.3 is 0 Å². The molecule has 4 aliphatic rings. The van der Waals surface area contributed by atoms with Crippen LogP contribution in [0.4, 0.5) is 0 Å². The lowest BCUT2D eigenvalue weighted by Crippen LogP contribution is -2.43. The number of hydrogen-bond donors (Lipinski definition) is 2. The van der Waals surface area contributed by atoms with E-state index < -0.39 is 6.10 Å². The Bertz CT molecular complexity index is 601. The number of halogens is 1. The average Bonchev–Trinajstić information content (AvgIpc) is 3.43. The maximum atomic E-state index is 10.1. The highest BCUT2D eigenvalue weighted by Gasteiger charge is 2.57. The molecule has 0 saturated heterocycles. The third kappa shape index (κ3) is 3.07. The van der Waals surface area contributed by atoms with Gasteiger partial charge in [-0.15, -0.1) is 24.8 Å². The van der Waals surface area contributed by atoms with Gasteiger partial charge in [-0.2, -0.15) is 0 Å². The van der Waals surface area contributed by atoms with Gasteiger partial charge in [-0.3, -0.25) is 0 Å². The van der Waals surface area contributed by atoms with Crippen LogP contribution in [0.2, 0.25) is 0 Å². The van der Waals surface area contributed by atoms with Crippen LogP contribution in [0.15, 0.2) is 37.5 Å². The largest absolute Gasteiger partial charge is 0.388 e. The maximum Gasteiger partial charge on any atom is 0.0811 e. The molecule has 0 aromatic carbocycles. The molecule has 4 saturated carbocycles. The van der Waals surface area contributed by atoms with Crippen molar-refractivity contribution in [1.29, 1.82) is 0 Å². The second-order valence-corrected chi connectivity index (χ2v) is 10.1. The monoisotopic (exact) mass is 392 g/mol. The van der Waals surface area contributed by atoms with Crippen molar-refractivity contribution in [2.45, 2.75) is 64.6 Å². The summed E-state index contributed by atoms with van der Waals surface area (Å²) in [6.07, 6.45) is 10.2. The predicted molar refractivity (Wildman–Crippen MR) is 114 cm³/mol. The molecule has 2 nitrogen and oxygen atoms in total. The first-order valence-corrected chi connectivity index (χ1v) is 11.1. The zero-order valence-corrected chi connectivity index (χ0v) is 17.8. The molecule has 0 aliphatic heterocycles. The van der Waals surface area contributed by atoms with Crippen molar-refractivity contribution in [2.75, 3.05) is 5.88 Å². The Kier molecular flexibility index (Phi) is 6.02. The van der Waals surface area contributed by atoms with E-state index in [0.29, 0.717) is 29.6 Å². The summed E-state index contributed by atoms with van der Waals surface area (Å²) < 4.78 is 0. The molecule has 4 rings (SSSR count). The normalized spacial score (nSPS) is 46.7. The van der Waals surface area contributed by atoms with E-state index in [4.69, 9.17) is 11.6 Å². The molecule has 0 radical (unpaired) electrons. The van der Waals surface area contributed by atoms with Crippen molar-refractivity contribution >= 4 is 11.6 Å². The zero-order chi connectivity index (χ0) is 20.0. The second kappa shape index (κ2) is 7.69. The standard InChI is InChI=1S/C12H19ClO.C12H18O/c1-3-11(14)12(2)9-5-4-8(6-9)10(12)7-13;1-4-11(13)12(3)8(2)9-5-6-10(12)7-9/h3,8-11,14H,1,4-7H2,2H3;4,9-11,13H,1-2,5-7H2,3H3. The molecule has 152 valence electrons. The molecule has 9 atom stereocenters. The van der Waals surface area contributed by atoms with Crippen molar-refractivity contribution in [3.8, 4) is 0 Å². The van der Waals surface area contributed by atoms with Crippen molar-refractivity contribution in [1.82, 2.24) is 0 Å². The van der Waals surface area contributed by atoms with Crippen molar-refractivity contribution in [3.05, 3.63) is 37.5 Å². The highest BCUT2D eigenvalue weighted by molar-refractivity contribution is 6.18. The molecular weight excluding hydrogens is 356 g/mol. The van der Waals surface area contributed by atoms with Crippen LogP contribution < -0.4 is 0 Å².